The van der Waals surface area contributed by atoms with E-state index in [0.29, 0.717) is 5.95 Å². The largest absolute Gasteiger partial charge is 0.323 e. The smallest absolute Gasteiger partial charge is 0.247 e. The van der Waals surface area contributed by atoms with Gasteiger partial charge >= 0.3 is 0 Å². The number of aromatic nitrogens is 4. The van der Waals surface area contributed by atoms with Crippen LogP contribution in [-0.4, -0.2) is 19.6 Å². The first-order valence-electron chi connectivity index (χ1n) is 6.31. The maximum Gasteiger partial charge on any atom is 0.247 e. The number of nitrogens with one attached hydrogen (secondary N) is 1. The van der Waals surface area contributed by atoms with Gasteiger partial charge in [-0.3, -0.25) is 4.98 Å². The summed E-state index contributed by atoms with van der Waals surface area (Å²) < 4.78 is 1.74. The van der Waals surface area contributed by atoms with Crippen LogP contribution >= 0.6 is 0 Å². The normalized spacial score (nSPS) is 11.0. The van der Waals surface area contributed by atoms with Crippen molar-refractivity contribution in [2.75, 3.05) is 5.32 Å². The molecule has 0 saturated carbocycles. The molecule has 3 heterocycles. The summed E-state index contributed by atoms with van der Waals surface area (Å²) in [6.07, 6.45) is 5.51. The number of pyridine rings is 2. The first-order chi connectivity index (χ1) is 9.88. The van der Waals surface area contributed by atoms with Gasteiger partial charge in [-0.1, -0.05) is 12.1 Å². The maximum absolute atomic E-state index is 4.42. The molecule has 5 nitrogen and oxygen atoms in total. The van der Waals surface area contributed by atoms with Gasteiger partial charge in [0.15, 0.2) is 5.65 Å². The van der Waals surface area contributed by atoms with Crippen LogP contribution in [0.15, 0.2) is 61.1 Å². The van der Waals surface area contributed by atoms with E-state index in [0.717, 1.165) is 22.1 Å². The van der Waals surface area contributed by atoms with Gasteiger partial charge in [0.05, 0.1) is 0 Å². The van der Waals surface area contributed by atoms with Gasteiger partial charge in [0.1, 0.15) is 0 Å². The van der Waals surface area contributed by atoms with E-state index in [-0.39, 0.29) is 0 Å². The van der Waals surface area contributed by atoms with Crippen LogP contribution in [0.25, 0.3) is 16.4 Å². The summed E-state index contributed by atoms with van der Waals surface area (Å²) in [6.45, 7) is 0. The Morgan fingerprint density at radius 1 is 1.00 bits per heavy atom. The van der Waals surface area contributed by atoms with Crippen LogP contribution in [0.4, 0.5) is 11.6 Å². The van der Waals surface area contributed by atoms with E-state index in [1.165, 1.54) is 0 Å². The second-order valence-electron chi connectivity index (χ2n) is 4.50. The summed E-state index contributed by atoms with van der Waals surface area (Å²) >= 11 is 0. The summed E-state index contributed by atoms with van der Waals surface area (Å²) in [4.78, 5) is 8.52. The second kappa shape index (κ2) is 4.31. The van der Waals surface area contributed by atoms with Crippen LogP contribution in [-0.2, 0) is 0 Å². The third-order valence-corrected chi connectivity index (χ3v) is 3.14. The molecule has 1 N–H and O–H groups in total. The Bertz CT molecular complexity index is 864. The fraction of sp³-hybridized carbons (Fsp3) is 0. The van der Waals surface area contributed by atoms with Crippen molar-refractivity contribution in [2.24, 2.45) is 0 Å². The maximum atomic E-state index is 4.42. The van der Waals surface area contributed by atoms with Crippen molar-refractivity contribution in [3.05, 3.63) is 61.1 Å². The van der Waals surface area contributed by atoms with Gasteiger partial charge in [0.2, 0.25) is 5.95 Å². The molecule has 1 aromatic carbocycles. The van der Waals surface area contributed by atoms with Crippen LogP contribution in [0.3, 0.4) is 0 Å². The van der Waals surface area contributed by atoms with E-state index in [9.17, 15) is 0 Å². The monoisotopic (exact) mass is 261 g/mol. The molecule has 0 spiro atoms. The van der Waals surface area contributed by atoms with Gasteiger partial charge in [-0.05, 0) is 35.7 Å². The van der Waals surface area contributed by atoms with Gasteiger partial charge in [-0.15, -0.1) is 5.10 Å². The van der Waals surface area contributed by atoms with Crippen molar-refractivity contribution in [2.45, 2.75) is 0 Å². The Labute approximate surface area is 114 Å². The summed E-state index contributed by atoms with van der Waals surface area (Å²) in [6, 6.07) is 13.9. The van der Waals surface area contributed by atoms with E-state index < -0.39 is 0 Å². The topological polar surface area (TPSA) is 55.1 Å². The lowest BCUT2D eigenvalue weighted by Gasteiger charge is -2.03. The third kappa shape index (κ3) is 1.85. The highest BCUT2D eigenvalue weighted by atomic mass is 15.3. The molecule has 0 bridgehead atoms. The highest BCUT2D eigenvalue weighted by Crippen LogP contribution is 2.20. The first kappa shape index (κ1) is 10.9. The van der Waals surface area contributed by atoms with Crippen LogP contribution in [0.2, 0.25) is 0 Å². The molecule has 4 aromatic rings. The molecule has 0 unspecified atom stereocenters. The van der Waals surface area contributed by atoms with Crippen molar-refractivity contribution in [3.8, 4) is 0 Å². The molecule has 0 saturated heterocycles. The quantitative estimate of drug-likeness (QED) is 0.602. The van der Waals surface area contributed by atoms with Gasteiger partial charge < -0.3 is 5.32 Å². The van der Waals surface area contributed by atoms with E-state index in [2.05, 4.69) is 26.4 Å². The number of benzene rings is 1. The van der Waals surface area contributed by atoms with Crippen LogP contribution < -0.4 is 5.32 Å². The van der Waals surface area contributed by atoms with E-state index in [1.807, 2.05) is 48.8 Å². The van der Waals surface area contributed by atoms with Crippen molar-refractivity contribution >= 4 is 28.1 Å². The molecule has 0 fully saturated rings. The van der Waals surface area contributed by atoms with Crippen molar-refractivity contribution in [1.82, 2.24) is 19.6 Å². The number of hydrogen-bond acceptors (Lipinski definition) is 4. The van der Waals surface area contributed by atoms with Gasteiger partial charge in [-0.25, -0.2) is 4.52 Å². The van der Waals surface area contributed by atoms with Crippen molar-refractivity contribution in [3.63, 3.8) is 0 Å². The summed E-state index contributed by atoms with van der Waals surface area (Å²) in [5, 5.41) is 9.84. The molecule has 0 radical (unpaired) electrons. The minimum absolute atomic E-state index is 0.588. The SMILES string of the molecule is c1ccn2nc(Nc3ccc4cnccc4c3)nc2c1. The minimum Gasteiger partial charge on any atom is -0.323 e. The Kier molecular flexibility index (Phi) is 2.35. The Hall–Kier alpha value is -2.95. The fourth-order valence-electron chi connectivity index (χ4n) is 2.17. The summed E-state index contributed by atoms with van der Waals surface area (Å²) in [5.74, 6) is 0.588. The Morgan fingerprint density at radius 2 is 2.00 bits per heavy atom. The predicted molar refractivity (Wildman–Crippen MR) is 78.0 cm³/mol. The fourth-order valence-corrected chi connectivity index (χ4v) is 2.17. The van der Waals surface area contributed by atoms with Gasteiger partial charge in [0.25, 0.3) is 0 Å². The molecule has 3 aromatic heterocycles. The zero-order chi connectivity index (χ0) is 13.4. The lowest BCUT2D eigenvalue weighted by atomic mass is 10.1. The highest BCUT2D eigenvalue weighted by Gasteiger charge is 2.03. The molecule has 0 atom stereocenters. The van der Waals surface area contributed by atoms with Crippen molar-refractivity contribution in [1.29, 1.82) is 0 Å². The van der Waals surface area contributed by atoms with E-state index in [1.54, 1.807) is 10.7 Å². The highest BCUT2D eigenvalue weighted by molar-refractivity contribution is 5.85. The molecular weight excluding hydrogens is 250 g/mol. The number of rotatable bonds is 2. The minimum atomic E-state index is 0.588. The molecule has 20 heavy (non-hydrogen) atoms. The summed E-state index contributed by atoms with van der Waals surface area (Å²) in [7, 11) is 0. The molecular formula is C15H11N5. The van der Waals surface area contributed by atoms with Crippen LogP contribution in [0.5, 0.6) is 0 Å². The van der Waals surface area contributed by atoms with Crippen LogP contribution in [0.1, 0.15) is 0 Å². The Balaban J connectivity index is 1.72. The van der Waals surface area contributed by atoms with Crippen molar-refractivity contribution < 1.29 is 0 Å². The average molecular weight is 261 g/mol. The van der Waals surface area contributed by atoms with E-state index in [4.69, 9.17) is 0 Å². The number of anilines is 2. The molecule has 4 rings (SSSR count). The zero-order valence-electron chi connectivity index (χ0n) is 10.6. The van der Waals surface area contributed by atoms with E-state index >= 15 is 0 Å². The zero-order valence-corrected chi connectivity index (χ0v) is 10.6. The molecule has 0 aliphatic heterocycles. The number of nitrogens with zero attached hydrogens (tertiary/aromatic N) is 4. The standard InChI is InChI=1S/C15H11N5/c1-2-8-20-14(3-1)18-15(19-20)17-13-5-4-12-10-16-7-6-11(12)9-13/h1-10H,(H,17,19). The average Bonchev–Trinajstić information content (AvgIpc) is 2.89. The third-order valence-electron chi connectivity index (χ3n) is 3.14. The number of fused-ring (bicyclic) bond motifs is 2. The first-order valence-corrected chi connectivity index (χ1v) is 6.31. The lowest BCUT2D eigenvalue weighted by molar-refractivity contribution is 0.965. The lowest BCUT2D eigenvalue weighted by Crippen LogP contribution is -1.93. The molecule has 0 amide bonds. The molecule has 96 valence electrons. The molecule has 5 heteroatoms. The predicted octanol–water partition coefficient (Wildman–Crippen LogP) is 3.02. The second-order valence-corrected chi connectivity index (χ2v) is 4.50. The molecule has 0 aliphatic rings. The van der Waals surface area contributed by atoms with Crippen LogP contribution in [0, 0.1) is 0 Å². The Morgan fingerprint density at radius 3 is 2.95 bits per heavy atom. The summed E-state index contributed by atoms with van der Waals surface area (Å²) in [5.41, 5.74) is 1.78. The number of hydrogen-bond donors (Lipinski definition) is 1. The van der Waals surface area contributed by atoms with Gasteiger partial charge in [0, 0.05) is 29.7 Å². The molecule has 0 aliphatic carbocycles. The van der Waals surface area contributed by atoms with Gasteiger partial charge in [-0.2, -0.15) is 4.98 Å².